The van der Waals surface area contributed by atoms with E-state index in [0.717, 1.165) is 5.69 Å². The molecule has 5 rings (SSSR count). The van der Waals surface area contributed by atoms with E-state index in [-0.39, 0.29) is 24.0 Å². The molecule has 47 heavy (non-hydrogen) atoms. The van der Waals surface area contributed by atoms with Gasteiger partial charge >= 0.3 is 0 Å². The lowest BCUT2D eigenvalue weighted by Gasteiger charge is -2.29. The van der Waals surface area contributed by atoms with Crippen molar-refractivity contribution in [2.45, 2.75) is 50.7 Å². The van der Waals surface area contributed by atoms with Crippen LogP contribution in [0.4, 0.5) is 5.69 Å². The zero-order valence-corrected chi connectivity index (χ0v) is 27.9. The summed E-state index contributed by atoms with van der Waals surface area (Å²) < 4.78 is 12.0. The average molecular weight is 630 g/mol. The Morgan fingerprint density at radius 3 is 1.15 bits per heavy atom. The van der Waals surface area contributed by atoms with Gasteiger partial charge in [-0.3, -0.25) is 0 Å². The molecule has 0 radical (unpaired) electrons. The lowest BCUT2D eigenvalue weighted by atomic mass is 9.78. The summed E-state index contributed by atoms with van der Waals surface area (Å²) in [5.74, 6) is 1.41. The van der Waals surface area contributed by atoms with Gasteiger partial charge in [0, 0.05) is 29.6 Å². The lowest BCUT2D eigenvalue weighted by Crippen LogP contribution is -2.41. The van der Waals surface area contributed by atoms with Gasteiger partial charge < -0.3 is 24.6 Å². The maximum atomic E-state index is 11.0. The summed E-state index contributed by atoms with van der Waals surface area (Å²) >= 11 is 0. The number of para-hydroxylation sites is 1. The molecular formula is C42H47NO4. The Morgan fingerprint density at radius 1 is 0.468 bits per heavy atom. The van der Waals surface area contributed by atoms with Crippen molar-refractivity contribution >= 4 is 5.69 Å². The number of rotatable bonds is 15. The van der Waals surface area contributed by atoms with E-state index in [1.807, 2.05) is 71.6 Å². The van der Waals surface area contributed by atoms with Crippen LogP contribution in [-0.4, -0.2) is 48.7 Å². The number of ether oxygens (including phenoxy) is 2. The van der Waals surface area contributed by atoms with E-state index in [1.54, 1.807) is 0 Å². The average Bonchev–Trinajstić information content (AvgIpc) is 3.11. The third kappa shape index (κ3) is 8.82. The molecule has 0 aromatic heterocycles. The molecule has 0 heterocycles. The molecule has 2 unspecified atom stereocenters. The molecule has 0 aliphatic rings. The van der Waals surface area contributed by atoms with E-state index in [4.69, 9.17) is 9.47 Å². The van der Waals surface area contributed by atoms with Crippen LogP contribution in [0.1, 0.15) is 49.9 Å². The van der Waals surface area contributed by atoms with E-state index in [9.17, 15) is 10.2 Å². The largest absolute Gasteiger partial charge is 0.491 e. The molecule has 0 saturated carbocycles. The Labute approximate surface area is 280 Å². The van der Waals surface area contributed by atoms with Crippen LogP contribution in [0.5, 0.6) is 11.5 Å². The van der Waals surface area contributed by atoms with Crippen LogP contribution < -0.4 is 14.4 Å². The van der Waals surface area contributed by atoms with Crippen LogP contribution in [0.15, 0.2) is 140 Å². The summed E-state index contributed by atoms with van der Waals surface area (Å²) in [6, 6.07) is 46.8. The third-order valence-corrected chi connectivity index (χ3v) is 9.01. The van der Waals surface area contributed by atoms with Gasteiger partial charge in [0.1, 0.15) is 36.9 Å². The quantitative estimate of drug-likeness (QED) is 0.123. The van der Waals surface area contributed by atoms with Crippen molar-refractivity contribution in [3.8, 4) is 11.5 Å². The first-order chi connectivity index (χ1) is 22.6. The molecule has 0 bridgehead atoms. The van der Waals surface area contributed by atoms with Gasteiger partial charge in [-0.2, -0.15) is 0 Å². The standard InChI is InChI=1S/C42H47NO4/c1-41(2,32-14-8-5-9-15-32)34-20-24-39(25-21-34)46-30-37(44)28-43(36-18-12-7-13-19-36)29-38(45)31-47-40-26-22-35(23-27-40)42(3,4)33-16-10-6-11-17-33/h5-27,37-38,44-45H,28-31H2,1-4H3. The molecule has 0 fully saturated rings. The highest BCUT2D eigenvalue weighted by molar-refractivity contribution is 5.46. The van der Waals surface area contributed by atoms with Crippen LogP contribution in [-0.2, 0) is 10.8 Å². The fourth-order valence-electron chi connectivity index (χ4n) is 5.90. The lowest BCUT2D eigenvalue weighted by molar-refractivity contribution is 0.0954. The van der Waals surface area contributed by atoms with Crippen LogP contribution >= 0.6 is 0 Å². The normalized spacial score (nSPS) is 13.1. The van der Waals surface area contributed by atoms with E-state index in [2.05, 4.69) is 100 Å². The summed E-state index contributed by atoms with van der Waals surface area (Å²) in [4.78, 5) is 1.97. The van der Waals surface area contributed by atoms with Gasteiger partial charge in [-0.05, 0) is 58.7 Å². The number of nitrogens with zero attached hydrogens (tertiary/aromatic N) is 1. The minimum Gasteiger partial charge on any atom is -0.491 e. The van der Waals surface area contributed by atoms with Crippen molar-refractivity contribution in [2.75, 3.05) is 31.2 Å². The van der Waals surface area contributed by atoms with E-state index >= 15 is 0 Å². The van der Waals surface area contributed by atoms with Crippen molar-refractivity contribution in [1.29, 1.82) is 0 Å². The highest BCUT2D eigenvalue weighted by atomic mass is 16.5. The van der Waals surface area contributed by atoms with Gasteiger partial charge in [-0.1, -0.05) is 131 Å². The van der Waals surface area contributed by atoms with Crippen molar-refractivity contribution in [1.82, 2.24) is 0 Å². The molecular weight excluding hydrogens is 582 g/mol. The molecule has 5 aromatic carbocycles. The van der Waals surface area contributed by atoms with Crippen LogP contribution in [0.3, 0.4) is 0 Å². The molecule has 2 N–H and O–H groups in total. The zero-order chi connectivity index (χ0) is 33.3. The monoisotopic (exact) mass is 629 g/mol. The van der Waals surface area contributed by atoms with Crippen LogP contribution in [0.25, 0.3) is 0 Å². The minimum atomic E-state index is -0.774. The third-order valence-electron chi connectivity index (χ3n) is 9.01. The topological polar surface area (TPSA) is 62.2 Å². The smallest absolute Gasteiger partial charge is 0.119 e. The van der Waals surface area contributed by atoms with Gasteiger partial charge in [-0.15, -0.1) is 0 Å². The second kappa shape index (κ2) is 15.3. The van der Waals surface area contributed by atoms with Gasteiger partial charge in [-0.25, -0.2) is 0 Å². The minimum absolute atomic E-state index is 0.128. The molecule has 0 amide bonds. The first kappa shape index (κ1) is 33.8. The zero-order valence-electron chi connectivity index (χ0n) is 27.9. The SMILES string of the molecule is CC(C)(c1ccccc1)c1ccc(OCC(O)CN(CC(O)COc2ccc(C(C)(C)c3ccccc3)cc2)c2ccccc2)cc1. The Balaban J connectivity index is 1.15. The molecule has 5 aromatic rings. The highest BCUT2D eigenvalue weighted by Gasteiger charge is 2.24. The van der Waals surface area contributed by atoms with E-state index < -0.39 is 12.2 Å². The molecule has 5 nitrogen and oxygen atoms in total. The van der Waals surface area contributed by atoms with Gasteiger partial charge in [0.05, 0.1) is 0 Å². The van der Waals surface area contributed by atoms with Gasteiger partial charge in [0.2, 0.25) is 0 Å². The Bertz CT molecular complexity index is 1530. The van der Waals surface area contributed by atoms with Crippen molar-refractivity contribution < 1.29 is 19.7 Å². The molecule has 5 heteroatoms. The number of aliphatic hydroxyl groups excluding tert-OH is 2. The van der Waals surface area contributed by atoms with Gasteiger partial charge in [0.25, 0.3) is 0 Å². The number of aliphatic hydroxyl groups is 2. The van der Waals surface area contributed by atoms with Crippen molar-refractivity contribution in [3.05, 3.63) is 162 Å². The molecule has 0 aliphatic heterocycles. The number of hydrogen-bond acceptors (Lipinski definition) is 5. The molecule has 0 aliphatic carbocycles. The fraction of sp³-hybridized carbons (Fsp3) is 0.286. The summed E-state index contributed by atoms with van der Waals surface area (Å²) in [5.41, 5.74) is 5.51. The second-order valence-electron chi connectivity index (χ2n) is 13.2. The van der Waals surface area contributed by atoms with Crippen LogP contribution in [0, 0.1) is 0 Å². The molecule has 244 valence electrons. The summed E-state index contributed by atoms with van der Waals surface area (Å²) in [5, 5.41) is 22.0. The van der Waals surface area contributed by atoms with Crippen molar-refractivity contribution in [2.24, 2.45) is 0 Å². The highest BCUT2D eigenvalue weighted by Crippen LogP contribution is 2.33. The van der Waals surface area contributed by atoms with Crippen LogP contribution in [0.2, 0.25) is 0 Å². The number of hydrogen-bond donors (Lipinski definition) is 2. The first-order valence-electron chi connectivity index (χ1n) is 16.4. The molecule has 0 spiro atoms. The summed E-state index contributed by atoms with van der Waals surface area (Å²) in [6.45, 7) is 9.69. The summed E-state index contributed by atoms with van der Waals surface area (Å²) in [7, 11) is 0. The predicted octanol–water partition coefficient (Wildman–Crippen LogP) is 8.02. The Morgan fingerprint density at radius 2 is 0.787 bits per heavy atom. The Kier molecular flexibility index (Phi) is 11.0. The molecule has 2 atom stereocenters. The maximum absolute atomic E-state index is 11.0. The predicted molar refractivity (Wildman–Crippen MR) is 192 cm³/mol. The van der Waals surface area contributed by atoms with Gasteiger partial charge in [0.15, 0.2) is 0 Å². The maximum Gasteiger partial charge on any atom is 0.119 e. The van der Waals surface area contributed by atoms with Crippen molar-refractivity contribution in [3.63, 3.8) is 0 Å². The van der Waals surface area contributed by atoms with E-state index in [0.29, 0.717) is 24.6 Å². The number of anilines is 1. The fourth-order valence-corrected chi connectivity index (χ4v) is 5.90. The summed E-state index contributed by atoms with van der Waals surface area (Å²) in [6.07, 6.45) is -1.55. The Hall–Kier alpha value is -4.58. The number of benzene rings is 5. The molecule has 0 saturated heterocycles. The second-order valence-corrected chi connectivity index (χ2v) is 13.2. The first-order valence-corrected chi connectivity index (χ1v) is 16.4. The van der Waals surface area contributed by atoms with E-state index in [1.165, 1.54) is 22.3 Å².